The first kappa shape index (κ1) is 12.6. The topological polar surface area (TPSA) is 20.2 Å². The Kier molecular flexibility index (Phi) is 3.53. The summed E-state index contributed by atoms with van der Waals surface area (Å²) in [5.74, 6) is -0.244. The zero-order valence-corrected chi connectivity index (χ0v) is 10.7. The average molecular weight is 236 g/mol. The second kappa shape index (κ2) is 4.77. The molecule has 0 aliphatic heterocycles. The van der Waals surface area contributed by atoms with E-state index in [1.165, 1.54) is 6.07 Å². The van der Waals surface area contributed by atoms with E-state index < -0.39 is 5.60 Å². The van der Waals surface area contributed by atoms with Gasteiger partial charge in [-0.05, 0) is 43.9 Å². The van der Waals surface area contributed by atoms with E-state index in [4.69, 9.17) is 0 Å². The van der Waals surface area contributed by atoms with Gasteiger partial charge in [0.15, 0.2) is 0 Å². The Balaban J connectivity index is 2.44. The Morgan fingerprint density at radius 3 is 2.18 bits per heavy atom. The third-order valence-corrected chi connectivity index (χ3v) is 3.83. The zero-order valence-electron chi connectivity index (χ0n) is 10.7. The van der Waals surface area contributed by atoms with E-state index in [2.05, 4.69) is 0 Å². The van der Waals surface area contributed by atoms with Gasteiger partial charge in [0.25, 0.3) is 0 Å². The predicted molar refractivity (Wildman–Crippen MR) is 67.5 cm³/mol. The van der Waals surface area contributed by atoms with Gasteiger partial charge in [0.05, 0.1) is 5.60 Å². The maximum atomic E-state index is 14.1. The zero-order chi connectivity index (χ0) is 12.5. The molecule has 2 rings (SSSR count). The van der Waals surface area contributed by atoms with Gasteiger partial charge in [-0.1, -0.05) is 31.7 Å². The quantitative estimate of drug-likeness (QED) is 0.731. The lowest BCUT2D eigenvalue weighted by molar-refractivity contribution is 0.0167. The highest BCUT2D eigenvalue weighted by Crippen LogP contribution is 2.38. The molecule has 1 aromatic rings. The van der Waals surface area contributed by atoms with Gasteiger partial charge >= 0.3 is 0 Å². The lowest BCUT2D eigenvalue weighted by Gasteiger charge is -2.29. The van der Waals surface area contributed by atoms with Gasteiger partial charge in [-0.2, -0.15) is 0 Å². The summed E-state index contributed by atoms with van der Waals surface area (Å²) < 4.78 is 14.1. The van der Waals surface area contributed by atoms with E-state index in [9.17, 15) is 9.50 Å². The molecule has 0 amide bonds. The minimum Gasteiger partial charge on any atom is -0.385 e. The highest BCUT2D eigenvalue weighted by molar-refractivity contribution is 5.36. The molecule has 94 valence electrons. The molecule has 1 saturated carbocycles. The van der Waals surface area contributed by atoms with Crippen LogP contribution in [0.15, 0.2) is 12.1 Å². The fourth-order valence-electron chi connectivity index (χ4n) is 3.07. The fourth-order valence-corrected chi connectivity index (χ4v) is 3.07. The van der Waals surface area contributed by atoms with Crippen LogP contribution in [0.25, 0.3) is 0 Å². The van der Waals surface area contributed by atoms with Crippen LogP contribution in [-0.4, -0.2) is 5.11 Å². The van der Waals surface area contributed by atoms with Crippen LogP contribution < -0.4 is 0 Å². The fraction of sp³-hybridized carbons (Fsp3) is 0.600. The first-order valence-corrected chi connectivity index (χ1v) is 6.52. The normalized spacial score (nSPS) is 20.0. The monoisotopic (exact) mass is 236 g/mol. The molecule has 1 fully saturated rings. The van der Waals surface area contributed by atoms with Crippen molar-refractivity contribution in [1.82, 2.24) is 0 Å². The second-order valence-electron chi connectivity index (χ2n) is 5.38. The lowest BCUT2D eigenvalue weighted by Crippen LogP contribution is -2.27. The van der Waals surface area contributed by atoms with Gasteiger partial charge in [0.2, 0.25) is 0 Å². The first-order chi connectivity index (χ1) is 8.03. The van der Waals surface area contributed by atoms with Crippen LogP contribution in [0, 0.1) is 19.7 Å². The molecule has 0 radical (unpaired) electrons. The lowest BCUT2D eigenvalue weighted by atomic mass is 9.83. The average Bonchev–Trinajstić information content (AvgIpc) is 2.41. The number of benzene rings is 1. The molecule has 2 heteroatoms. The van der Waals surface area contributed by atoms with Gasteiger partial charge in [0, 0.05) is 5.56 Å². The summed E-state index contributed by atoms with van der Waals surface area (Å²) in [6.07, 6.45) is 5.65. The van der Waals surface area contributed by atoms with Gasteiger partial charge in [-0.15, -0.1) is 0 Å². The van der Waals surface area contributed by atoms with Gasteiger partial charge in [0.1, 0.15) is 5.82 Å². The van der Waals surface area contributed by atoms with Crippen molar-refractivity contribution in [3.8, 4) is 0 Å². The van der Waals surface area contributed by atoms with Gasteiger partial charge < -0.3 is 5.11 Å². The molecule has 1 aliphatic rings. The van der Waals surface area contributed by atoms with Crippen LogP contribution in [0.4, 0.5) is 4.39 Å². The van der Waals surface area contributed by atoms with Crippen LogP contribution in [0.2, 0.25) is 0 Å². The van der Waals surface area contributed by atoms with E-state index in [1.807, 2.05) is 19.9 Å². The smallest absolute Gasteiger partial charge is 0.129 e. The number of aryl methyl sites for hydroxylation is 2. The number of aliphatic hydroxyl groups is 1. The summed E-state index contributed by atoms with van der Waals surface area (Å²) in [5.41, 5.74) is 1.39. The molecule has 1 nitrogen and oxygen atoms in total. The van der Waals surface area contributed by atoms with Crippen molar-refractivity contribution >= 4 is 0 Å². The molecule has 0 bridgehead atoms. The number of halogens is 1. The molecule has 1 N–H and O–H groups in total. The number of hydrogen-bond acceptors (Lipinski definition) is 1. The molecule has 0 atom stereocenters. The van der Waals surface area contributed by atoms with Crippen molar-refractivity contribution in [2.24, 2.45) is 0 Å². The maximum Gasteiger partial charge on any atom is 0.129 e. The molecule has 1 aliphatic carbocycles. The summed E-state index contributed by atoms with van der Waals surface area (Å²) in [7, 11) is 0. The first-order valence-electron chi connectivity index (χ1n) is 6.52. The molecule has 1 aromatic carbocycles. The molecular weight excluding hydrogens is 215 g/mol. The van der Waals surface area contributed by atoms with E-state index >= 15 is 0 Å². The third kappa shape index (κ3) is 2.52. The largest absolute Gasteiger partial charge is 0.385 e. The Hall–Kier alpha value is -0.890. The van der Waals surface area contributed by atoms with Gasteiger partial charge in [-0.25, -0.2) is 4.39 Å². The summed E-state index contributed by atoms with van der Waals surface area (Å²) in [4.78, 5) is 0. The summed E-state index contributed by atoms with van der Waals surface area (Å²) in [5, 5.41) is 10.7. The minimum absolute atomic E-state index is 0.244. The molecule has 0 aromatic heterocycles. The van der Waals surface area contributed by atoms with Crippen LogP contribution in [-0.2, 0) is 5.60 Å². The molecule has 0 saturated heterocycles. The van der Waals surface area contributed by atoms with Crippen LogP contribution in [0.1, 0.15) is 55.2 Å². The Morgan fingerprint density at radius 1 is 1.06 bits per heavy atom. The number of rotatable bonds is 1. The van der Waals surface area contributed by atoms with Crippen LogP contribution >= 0.6 is 0 Å². The van der Waals surface area contributed by atoms with Crippen molar-refractivity contribution in [2.75, 3.05) is 0 Å². The van der Waals surface area contributed by atoms with Crippen molar-refractivity contribution in [3.63, 3.8) is 0 Å². The third-order valence-electron chi connectivity index (χ3n) is 3.83. The van der Waals surface area contributed by atoms with E-state index in [-0.39, 0.29) is 5.82 Å². The SMILES string of the molecule is Cc1cc(C)c(C2(O)CCCCCC2)c(F)c1. The maximum absolute atomic E-state index is 14.1. The highest BCUT2D eigenvalue weighted by atomic mass is 19.1. The Morgan fingerprint density at radius 2 is 1.65 bits per heavy atom. The van der Waals surface area contributed by atoms with Gasteiger partial charge in [-0.3, -0.25) is 0 Å². The highest BCUT2D eigenvalue weighted by Gasteiger charge is 2.33. The van der Waals surface area contributed by atoms with Crippen LogP contribution in [0.5, 0.6) is 0 Å². The number of hydrogen-bond donors (Lipinski definition) is 1. The van der Waals surface area contributed by atoms with E-state index in [1.54, 1.807) is 0 Å². The van der Waals surface area contributed by atoms with Crippen LogP contribution in [0.3, 0.4) is 0 Å². The van der Waals surface area contributed by atoms with Crippen molar-refractivity contribution in [3.05, 3.63) is 34.6 Å². The minimum atomic E-state index is -0.946. The molecule has 0 heterocycles. The second-order valence-corrected chi connectivity index (χ2v) is 5.38. The summed E-state index contributed by atoms with van der Waals surface area (Å²) in [6.45, 7) is 3.78. The van der Waals surface area contributed by atoms with E-state index in [0.717, 1.165) is 36.8 Å². The molecule has 0 spiro atoms. The van der Waals surface area contributed by atoms with Crippen molar-refractivity contribution in [2.45, 2.75) is 58.0 Å². The molecule has 17 heavy (non-hydrogen) atoms. The molecule has 0 unspecified atom stereocenters. The summed E-state index contributed by atoms with van der Waals surface area (Å²) >= 11 is 0. The van der Waals surface area contributed by atoms with Crippen molar-refractivity contribution < 1.29 is 9.50 Å². The Labute approximate surface area is 103 Å². The van der Waals surface area contributed by atoms with Crippen molar-refractivity contribution in [1.29, 1.82) is 0 Å². The Bertz CT molecular complexity index is 380. The van der Waals surface area contributed by atoms with E-state index in [0.29, 0.717) is 18.4 Å². The standard InChI is InChI=1S/C15H21FO/c1-11-9-12(2)14(13(16)10-11)15(17)7-5-3-4-6-8-15/h9-10,17H,3-8H2,1-2H3. The summed E-state index contributed by atoms with van der Waals surface area (Å²) in [6, 6.07) is 3.49. The predicted octanol–water partition coefficient (Wildman–Crippen LogP) is 3.98. The molecular formula is C15H21FO.